The van der Waals surface area contributed by atoms with Crippen LogP contribution in [0.15, 0.2) is 0 Å². The highest BCUT2D eigenvalue weighted by molar-refractivity contribution is 5.85. The van der Waals surface area contributed by atoms with Gasteiger partial charge < -0.3 is 20.5 Å². The number of hydrogen-bond donors (Lipinski definition) is 2. The molecule has 1 aliphatic heterocycles. The molecular formula is C13H25ClN2O3. The highest BCUT2D eigenvalue weighted by atomic mass is 35.5. The molecule has 19 heavy (non-hydrogen) atoms. The summed E-state index contributed by atoms with van der Waals surface area (Å²) >= 11 is 0. The minimum Gasteiger partial charge on any atom is -0.380 e. The molecule has 1 aliphatic carbocycles. The van der Waals surface area contributed by atoms with Crippen molar-refractivity contribution in [1.82, 2.24) is 5.32 Å². The predicted molar refractivity (Wildman–Crippen MR) is 75.3 cm³/mol. The maximum atomic E-state index is 12.0. The molecule has 0 bridgehead atoms. The lowest BCUT2D eigenvalue weighted by molar-refractivity contribution is -0.139. The summed E-state index contributed by atoms with van der Waals surface area (Å²) in [6.45, 7) is 5.49. The Balaban J connectivity index is 0.00000180. The van der Waals surface area contributed by atoms with Crippen LogP contribution in [-0.2, 0) is 14.3 Å². The van der Waals surface area contributed by atoms with E-state index in [1.165, 1.54) is 0 Å². The van der Waals surface area contributed by atoms with E-state index in [0.29, 0.717) is 25.0 Å². The third kappa shape index (κ3) is 3.05. The fourth-order valence-corrected chi connectivity index (χ4v) is 3.32. The zero-order valence-corrected chi connectivity index (χ0v) is 12.7. The zero-order valence-electron chi connectivity index (χ0n) is 11.8. The normalized spacial score (nSPS) is 32.7. The average molecular weight is 293 g/mol. The maximum Gasteiger partial charge on any atom is 0.222 e. The Morgan fingerprint density at radius 3 is 2.84 bits per heavy atom. The van der Waals surface area contributed by atoms with Gasteiger partial charge in [-0.2, -0.15) is 0 Å². The number of rotatable bonds is 5. The van der Waals surface area contributed by atoms with Gasteiger partial charge in [0.2, 0.25) is 5.91 Å². The van der Waals surface area contributed by atoms with E-state index in [0.717, 1.165) is 13.0 Å². The molecule has 3 N–H and O–H groups in total. The molecule has 4 unspecified atom stereocenters. The van der Waals surface area contributed by atoms with Crippen LogP contribution < -0.4 is 11.1 Å². The lowest BCUT2D eigenvalue weighted by Crippen LogP contribution is -2.66. The molecule has 2 rings (SSSR count). The van der Waals surface area contributed by atoms with Crippen LogP contribution in [-0.4, -0.2) is 44.4 Å². The van der Waals surface area contributed by atoms with Crippen LogP contribution in [0.1, 0.15) is 26.7 Å². The molecule has 0 aromatic rings. The molecule has 2 aliphatic rings. The summed E-state index contributed by atoms with van der Waals surface area (Å²) in [7, 11) is 1.58. The van der Waals surface area contributed by atoms with Gasteiger partial charge in [0.1, 0.15) is 0 Å². The van der Waals surface area contributed by atoms with E-state index in [4.69, 9.17) is 15.2 Å². The molecule has 1 saturated carbocycles. The molecule has 2 fully saturated rings. The first kappa shape index (κ1) is 16.7. The van der Waals surface area contributed by atoms with Crippen LogP contribution in [0, 0.1) is 11.3 Å². The van der Waals surface area contributed by atoms with Crippen molar-refractivity contribution in [2.24, 2.45) is 17.1 Å². The van der Waals surface area contributed by atoms with Crippen molar-refractivity contribution in [1.29, 1.82) is 0 Å². The molecule has 0 aromatic heterocycles. The van der Waals surface area contributed by atoms with Crippen molar-refractivity contribution in [3.8, 4) is 0 Å². The lowest BCUT2D eigenvalue weighted by atomic mass is 9.57. The number of halogens is 1. The highest BCUT2D eigenvalue weighted by Crippen LogP contribution is 2.52. The Labute approximate surface area is 121 Å². The number of carbonyl (C=O) groups is 1. The summed E-state index contributed by atoms with van der Waals surface area (Å²) in [5.41, 5.74) is 5.55. The SMILES string of the molecule is COC(CN)CC(=O)NC1C2CCOC2C1(C)C.Cl. The van der Waals surface area contributed by atoms with Crippen LogP contribution >= 0.6 is 12.4 Å². The second kappa shape index (κ2) is 6.39. The first-order valence-corrected chi connectivity index (χ1v) is 6.64. The quantitative estimate of drug-likeness (QED) is 0.782. The van der Waals surface area contributed by atoms with Gasteiger partial charge in [-0.15, -0.1) is 12.4 Å². The third-order valence-electron chi connectivity index (χ3n) is 4.43. The fourth-order valence-electron chi connectivity index (χ4n) is 3.32. The average Bonchev–Trinajstić information content (AvgIpc) is 2.79. The largest absolute Gasteiger partial charge is 0.380 e. The Bertz CT molecular complexity index is 321. The van der Waals surface area contributed by atoms with Gasteiger partial charge in [0.05, 0.1) is 18.6 Å². The Morgan fingerprint density at radius 2 is 2.26 bits per heavy atom. The third-order valence-corrected chi connectivity index (χ3v) is 4.43. The van der Waals surface area contributed by atoms with Crippen LogP contribution in [0.4, 0.5) is 0 Å². The molecule has 1 saturated heterocycles. The first-order chi connectivity index (χ1) is 8.50. The number of fused-ring (bicyclic) bond motifs is 1. The van der Waals surface area contributed by atoms with Crippen LogP contribution in [0.3, 0.4) is 0 Å². The van der Waals surface area contributed by atoms with Gasteiger partial charge in [0.25, 0.3) is 0 Å². The molecule has 1 amide bonds. The molecule has 0 radical (unpaired) electrons. The number of nitrogens with one attached hydrogen (secondary N) is 1. The monoisotopic (exact) mass is 292 g/mol. The van der Waals surface area contributed by atoms with E-state index in [9.17, 15) is 4.79 Å². The van der Waals surface area contributed by atoms with Crippen molar-refractivity contribution in [2.45, 2.75) is 44.9 Å². The maximum absolute atomic E-state index is 12.0. The summed E-state index contributed by atoms with van der Waals surface area (Å²) in [5.74, 6) is 0.499. The van der Waals surface area contributed by atoms with Crippen molar-refractivity contribution in [3.63, 3.8) is 0 Å². The molecule has 0 aromatic carbocycles. The topological polar surface area (TPSA) is 73.6 Å². The molecule has 5 nitrogen and oxygen atoms in total. The minimum absolute atomic E-state index is 0. The number of methoxy groups -OCH3 is 1. The predicted octanol–water partition coefficient (Wildman–Crippen LogP) is 0.702. The molecule has 6 heteroatoms. The van der Waals surface area contributed by atoms with Gasteiger partial charge in [-0.1, -0.05) is 13.8 Å². The molecule has 0 spiro atoms. The van der Waals surface area contributed by atoms with E-state index in [1.807, 2.05) is 0 Å². The number of amides is 1. The van der Waals surface area contributed by atoms with Gasteiger partial charge in [0.15, 0.2) is 0 Å². The van der Waals surface area contributed by atoms with Gasteiger partial charge in [0, 0.05) is 37.6 Å². The van der Waals surface area contributed by atoms with Crippen LogP contribution in [0.2, 0.25) is 0 Å². The molecule has 112 valence electrons. The fraction of sp³-hybridized carbons (Fsp3) is 0.923. The van der Waals surface area contributed by atoms with Crippen molar-refractivity contribution in [2.75, 3.05) is 20.3 Å². The highest BCUT2D eigenvalue weighted by Gasteiger charge is 2.59. The van der Waals surface area contributed by atoms with Gasteiger partial charge in [-0.3, -0.25) is 4.79 Å². The summed E-state index contributed by atoms with van der Waals surface area (Å²) in [5, 5.41) is 3.12. The second-order valence-corrected chi connectivity index (χ2v) is 5.91. The smallest absolute Gasteiger partial charge is 0.222 e. The van der Waals surface area contributed by atoms with E-state index < -0.39 is 0 Å². The van der Waals surface area contributed by atoms with E-state index in [1.54, 1.807) is 7.11 Å². The Morgan fingerprint density at radius 1 is 1.58 bits per heavy atom. The number of ether oxygens (including phenoxy) is 2. The van der Waals surface area contributed by atoms with Gasteiger partial charge in [-0.05, 0) is 6.42 Å². The number of carbonyl (C=O) groups excluding carboxylic acids is 1. The zero-order chi connectivity index (χ0) is 13.3. The van der Waals surface area contributed by atoms with E-state index in [2.05, 4.69) is 19.2 Å². The van der Waals surface area contributed by atoms with Gasteiger partial charge >= 0.3 is 0 Å². The second-order valence-electron chi connectivity index (χ2n) is 5.91. The first-order valence-electron chi connectivity index (χ1n) is 6.64. The molecule has 4 atom stereocenters. The summed E-state index contributed by atoms with van der Waals surface area (Å²) < 4.78 is 10.8. The molecule has 1 heterocycles. The minimum atomic E-state index is -0.191. The van der Waals surface area contributed by atoms with E-state index in [-0.39, 0.29) is 35.9 Å². The number of hydrogen-bond acceptors (Lipinski definition) is 4. The van der Waals surface area contributed by atoms with Crippen LogP contribution in [0.25, 0.3) is 0 Å². The standard InChI is InChI=1S/C13H24N2O3.ClH/c1-13(2)11(9-4-5-18-12(9)13)15-10(16)6-8(7-14)17-3;/h8-9,11-12H,4-7,14H2,1-3H3,(H,15,16);1H. The van der Waals surface area contributed by atoms with Crippen LogP contribution in [0.5, 0.6) is 0 Å². The van der Waals surface area contributed by atoms with Gasteiger partial charge in [-0.25, -0.2) is 0 Å². The summed E-state index contributed by atoms with van der Waals surface area (Å²) in [4.78, 5) is 12.0. The van der Waals surface area contributed by atoms with Crippen molar-refractivity contribution in [3.05, 3.63) is 0 Å². The Kier molecular flexibility index (Phi) is 5.62. The molecular weight excluding hydrogens is 268 g/mol. The van der Waals surface area contributed by atoms with Crippen molar-refractivity contribution < 1.29 is 14.3 Å². The summed E-state index contributed by atoms with van der Waals surface area (Å²) in [6.07, 6.45) is 1.49. The van der Waals surface area contributed by atoms with E-state index >= 15 is 0 Å². The number of nitrogens with two attached hydrogens (primary N) is 1. The Hall–Kier alpha value is -0.360. The lowest BCUT2D eigenvalue weighted by Gasteiger charge is -2.54. The van der Waals surface area contributed by atoms with Crippen molar-refractivity contribution >= 4 is 18.3 Å². The summed E-state index contributed by atoms with van der Waals surface area (Å²) in [6, 6.07) is 0.216.